The molecule has 0 radical (unpaired) electrons. The van der Waals surface area contributed by atoms with Crippen molar-refractivity contribution in [2.24, 2.45) is 0 Å². The lowest BCUT2D eigenvalue weighted by Crippen LogP contribution is -2.07. The molecule has 0 aliphatic carbocycles. The molecule has 0 unspecified atom stereocenters. The molecule has 0 aliphatic heterocycles. The van der Waals surface area contributed by atoms with Crippen LogP contribution < -0.4 is 4.74 Å². The highest BCUT2D eigenvalue weighted by Gasteiger charge is 2.29. The molecule has 3 rings (SSSR count). The number of hydrogen-bond donors (Lipinski definition) is 1. The number of aliphatic carboxylic acids is 1. The molecule has 164 valence electrons. The number of benzene rings is 2. The molecule has 0 spiro atoms. The summed E-state index contributed by atoms with van der Waals surface area (Å²) in [5.41, 5.74) is 0.294. The van der Waals surface area contributed by atoms with Gasteiger partial charge in [-0.05, 0) is 54.0 Å². The number of hydrogen-bond acceptors (Lipinski definition) is 4. The highest BCUT2D eigenvalue weighted by Crippen LogP contribution is 2.30. The Morgan fingerprint density at radius 3 is 2.42 bits per heavy atom. The van der Waals surface area contributed by atoms with Gasteiger partial charge in [-0.15, -0.1) is 0 Å². The van der Waals surface area contributed by atoms with E-state index in [0.717, 1.165) is 21.5 Å². The number of rotatable bonds is 7. The highest BCUT2D eigenvalue weighted by atomic mass is 32.2. The second-order valence-corrected chi connectivity index (χ2v) is 8.39. The van der Waals surface area contributed by atoms with Gasteiger partial charge in [0.1, 0.15) is 5.75 Å². The zero-order chi connectivity index (χ0) is 22.8. The third-order valence-electron chi connectivity index (χ3n) is 4.61. The van der Waals surface area contributed by atoms with E-state index in [1.54, 1.807) is 18.2 Å². The van der Waals surface area contributed by atoms with Crippen molar-refractivity contribution in [3.63, 3.8) is 0 Å². The summed E-state index contributed by atoms with van der Waals surface area (Å²) in [6.45, 7) is 0. The van der Waals surface area contributed by atoms with Crippen LogP contribution in [0, 0.1) is 0 Å². The zero-order valence-electron chi connectivity index (χ0n) is 16.3. The Morgan fingerprint density at radius 1 is 1.16 bits per heavy atom. The summed E-state index contributed by atoms with van der Waals surface area (Å²) in [6.07, 6.45) is -2.01. The van der Waals surface area contributed by atoms with E-state index in [-0.39, 0.29) is 18.4 Å². The number of alkyl halides is 3. The van der Waals surface area contributed by atoms with Crippen molar-refractivity contribution in [1.82, 2.24) is 3.97 Å². The van der Waals surface area contributed by atoms with Crippen LogP contribution >= 0.6 is 0 Å². The zero-order valence-corrected chi connectivity index (χ0v) is 17.1. The first-order chi connectivity index (χ1) is 14.5. The summed E-state index contributed by atoms with van der Waals surface area (Å²) < 4.78 is 70.0. The SMILES string of the molecule is COc1ccc2c(c1)c(CCC(=O)O)cn2S(=O)(=O)/C=C/c1ccc(C(F)(F)F)cc1. The first-order valence-corrected chi connectivity index (χ1v) is 10.5. The number of aromatic nitrogens is 1. The fourth-order valence-corrected chi connectivity index (χ4v) is 4.20. The molecule has 0 aliphatic rings. The Balaban J connectivity index is 1.99. The van der Waals surface area contributed by atoms with Crippen LogP contribution in [0.25, 0.3) is 17.0 Å². The maximum Gasteiger partial charge on any atom is 0.416 e. The molecule has 31 heavy (non-hydrogen) atoms. The number of carboxylic acid groups (broad SMARTS) is 1. The maximum absolute atomic E-state index is 12.9. The van der Waals surface area contributed by atoms with Crippen LogP contribution in [0.15, 0.2) is 54.1 Å². The maximum atomic E-state index is 12.9. The molecule has 0 saturated heterocycles. The lowest BCUT2D eigenvalue weighted by molar-refractivity contribution is -0.138. The topological polar surface area (TPSA) is 85.6 Å². The fraction of sp³-hybridized carbons (Fsp3) is 0.190. The predicted octanol–water partition coefficient (Wildman–Crippen LogP) is 4.53. The number of aryl methyl sites for hydroxylation is 1. The minimum Gasteiger partial charge on any atom is -0.497 e. The molecule has 1 heterocycles. The standard InChI is InChI=1S/C21H18F3NO5S/c1-30-17-7-8-19-18(12-17)15(4-9-20(26)27)13-25(19)31(28,29)11-10-14-2-5-16(6-3-14)21(22,23)24/h2-3,5-8,10-13H,4,9H2,1H3,(H,26,27)/b11-10+. The molecule has 0 saturated carbocycles. The Morgan fingerprint density at radius 2 is 1.84 bits per heavy atom. The lowest BCUT2D eigenvalue weighted by Gasteiger charge is -2.06. The van der Waals surface area contributed by atoms with Crippen molar-refractivity contribution in [3.05, 3.63) is 70.8 Å². The molecule has 0 atom stereocenters. The van der Waals surface area contributed by atoms with E-state index in [9.17, 15) is 26.4 Å². The van der Waals surface area contributed by atoms with Crippen molar-refractivity contribution in [2.45, 2.75) is 19.0 Å². The third-order valence-corrected chi connectivity index (χ3v) is 5.94. The number of nitrogens with zero attached hydrogens (tertiary/aromatic N) is 1. The molecule has 0 amide bonds. The van der Waals surface area contributed by atoms with Crippen molar-refractivity contribution in [1.29, 1.82) is 0 Å². The predicted molar refractivity (Wildman–Crippen MR) is 109 cm³/mol. The van der Waals surface area contributed by atoms with E-state index >= 15 is 0 Å². The molecular formula is C21H18F3NO5S. The minimum absolute atomic E-state index is 0.115. The lowest BCUT2D eigenvalue weighted by atomic mass is 10.1. The van der Waals surface area contributed by atoms with Gasteiger partial charge in [0.05, 0.1) is 23.6 Å². The summed E-state index contributed by atoms with van der Waals surface area (Å²) in [5, 5.41) is 10.4. The van der Waals surface area contributed by atoms with Gasteiger partial charge in [0.15, 0.2) is 0 Å². The van der Waals surface area contributed by atoms with Crippen LogP contribution in [0.2, 0.25) is 0 Å². The first kappa shape index (κ1) is 22.4. The molecule has 0 bridgehead atoms. The fourth-order valence-electron chi connectivity index (χ4n) is 3.04. The van der Waals surface area contributed by atoms with E-state index in [1.807, 2.05) is 0 Å². The number of methoxy groups -OCH3 is 1. The van der Waals surface area contributed by atoms with Gasteiger partial charge < -0.3 is 9.84 Å². The van der Waals surface area contributed by atoms with E-state index in [4.69, 9.17) is 9.84 Å². The number of ether oxygens (including phenoxy) is 1. The van der Waals surface area contributed by atoms with Crippen LogP contribution in [-0.2, 0) is 27.4 Å². The summed E-state index contributed by atoms with van der Waals surface area (Å²) in [7, 11) is -2.58. The Kier molecular flexibility index (Phi) is 6.12. The molecule has 1 aromatic heterocycles. The van der Waals surface area contributed by atoms with Crippen molar-refractivity contribution < 1.29 is 36.2 Å². The number of carboxylic acids is 1. The van der Waals surface area contributed by atoms with Crippen LogP contribution in [0.1, 0.15) is 23.1 Å². The Hall–Kier alpha value is -3.27. The highest BCUT2D eigenvalue weighted by molar-refractivity contribution is 7.93. The normalized spacial score (nSPS) is 12.5. The minimum atomic E-state index is -4.48. The van der Waals surface area contributed by atoms with Gasteiger partial charge in [0.25, 0.3) is 10.0 Å². The molecule has 10 heteroatoms. The summed E-state index contributed by atoms with van der Waals surface area (Å²) in [6, 6.07) is 8.83. The average Bonchev–Trinajstić information content (AvgIpc) is 3.09. The third kappa shape index (κ3) is 5.08. The van der Waals surface area contributed by atoms with Crippen LogP contribution in [0.4, 0.5) is 13.2 Å². The van der Waals surface area contributed by atoms with Crippen molar-refractivity contribution in [2.75, 3.05) is 7.11 Å². The van der Waals surface area contributed by atoms with E-state index in [1.165, 1.54) is 31.5 Å². The average molecular weight is 453 g/mol. The quantitative estimate of drug-likeness (QED) is 0.568. The van der Waals surface area contributed by atoms with E-state index in [2.05, 4.69) is 0 Å². The monoisotopic (exact) mass is 453 g/mol. The molecule has 3 aromatic rings. The van der Waals surface area contributed by atoms with Gasteiger partial charge in [0, 0.05) is 18.0 Å². The largest absolute Gasteiger partial charge is 0.497 e. The second-order valence-electron chi connectivity index (χ2n) is 6.69. The van der Waals surface area contributed by atoms with Gasteiger partial charge in [-0.2, -0.15) is 13.2 Å². The van der Waals surface area contributed by atoms with Gasteiger partial charge in [-0.3, -0.25) is 4.79 Å². The number of fused-ring (bicyclic) bond motifs is 1. The number of carbonyl (C=O) groups is 1. The Bertz CT molecular complexity index is 1240. The van der Waals surface area contributed by atoms with E-state index < -0.39 is 27.7 Å². The second kappa shape index (κ2) is 8.46. The molecular weight excluding hydrogens is 435 g/mol. The summed E-state index contributed by atoms with van der Waals surface area (Å²) in [4.78, 5) is 10.9. The summed E-state index contributed by atoms with van der Waals surface area (Å²) in [5.74, 6) is -0.534. The molecule has 2 aromatic carbocycles. The van der Waals surface area contributed by atoms with Gasteiger partial charge in [-0.25, -0.2) is 12.4 Å². The van der Waals surface area contributed by atoms with Gasteiger partial charge >= 0.3 is 12.1 Å². The molecule has 6 nitrogen and oxygen atoms in total. The van der Waals surface area contributed by atoms with Crippen molar-refractivity contribution in [3.8, 4) is 5.75 Å². The van der Waals surface area contributed by atoms with Crippen LogP contribution in [0.3, 0.4) is 0 Å². The first-order valence-electron chi connectivity index (χ1n) is 9.02. The van der Waals surface area contributed by atoms with Crippen LogP contribution in [0.5, 0.6) is 5.75 Å². The molecule has 1 N–H and O–H groups in total. The van der Waals surface area contributed by atoms with Crippen molar-refractivity contribution >= 4 is 33.0 Å². The summed E-state index contributed by atoms with van der Waals surface area (Å²) >= 11 is 0. The smallest absolute Gasteiger partial charge is 0.416 e. The van der Waals surface area contributed by atoms with Gasteiger partial charge in [0.2, 0.25) is 0 Å². The number of halogens is 3. The van der Waals surface area contributed by atoms with E-state index in [0.29, 0.717) is 22.2 Å². The Labute approximate surface area is 176 Å². The molecule has 0 fully saturated rings. The van der Waals surface area contributed by atoms with Gasteiger partial charge in [-0.1, -0.05) is 12.1 Å². The van der Waals surface area contributed by atoms with Crippen LogP contribution in [-0.4, -0.2) is 30.6 Å².